The van der Waals surface area contributed by atoms with Crippen molar-refractivity contribution in [3.05, 3.63) is 59.8 Å². The lowest BCUT2D eigenvalue weighted by atomic mass is 10.2. The molecule has 0 aliphatic rings. The van der Waals surface area contributed by atoms with E-state index in [0.717, 1.165) is 39.6 Å². The Hall–Kier alpha value is -2.38. The van der Waals surface area contributed by atoms with Crippen LogP contribution in [0.15, 0.2) is 64.5 Å². The quantitative estimate of drug-likeness (QED) is 0.450. The minimum absolute atomic E-state index is 0.741. The molecule has 1 aromatic carbocycles. The Kier molecular flexibility index (Phi) is 4.67. The number of rotatable bonds is 6. The highest BCUT2D eigenvalue weighted by molar-refractivity contribution is 7.98. The van der Waals surface area contributed by atoms with Crippen molar-refractivity contribution in [3.8, 4) is 22.2 Å². The average Bonchev–Trinajstić information content (AvgIpc) is 3.39. The minimum Gasteiger partial charge on any atom is -0.461 e. The van der Waals surface area contributed by atoms with E-state index in [-0.39, 0.29) is 0 Å². The molecule has 0 spiro atoms. The van der Waals surface area contributed by atoms with Gasteiger partial charge in [-0.25, -0.2) is 4.98 Å². The zero-order chi connectivity index (χ0) is 17.1. The van der Waals surface area contributed by atoms with Gasteiger partial charge in [0.1, 0.15) is 5.01 Å². The number of hydrogen-bond acceptors (Lipinski definition) is 6. The molecule has 0 bridgehead atoms. The summed E-state index contributed by atoms with van der Waals surface area (Å²) in [7, 11) is 0. The van der Waals surface area contributed by atoms with E-state index in [0.29, 0.717) is 0 Å². The van der Waals surface area contributed by atoms with E-state index in [9.17, 15) is 0 Å². The first-order chi connectivity index (χ1) is 12.3. The number of thiazole rings is 1. The molecule has 0 atom stereocenters. The molecule has 3 aromatic heterocycles. The summed E-state index contributed by atoms with van der Waals surface area (Å²) in [6.45, 7) is 2.88. The van der Waals surface area contributed by atoms with Gasteiger partial charge >= 0.3 is 0 Å². The van der Waals surface area contributed by atoms with Crippen molar-refractivity contribution >= 4 is 23.1 Å². The highest BCUT2D eigenvalue weighted by Crippen LogP contribution is 2.31. The number of benzene rings is 1. The first kappa shape index (κ1) is 16.1. The second-order valence-electron chi connectivity index (χ2n) is 5.31. The fraction of sp³-hybridized carbons (Fsp3) is 0.167. The van der Waals surface area contributed by atoms with Gasteiger partial charge in [0.15, 0.2) is 16.7 Å². The third-order valence-electron chi connectivity index (χ3n) is 3.69. The summed E-state index contributed by atoms with van der Waals surface area (Å²) in [6.07, 6.45) is 3.60. The van der Waals surface area contributed by atoms with Gasteiger partial charge in [0.05, 0.1) is 6.26 Å². The molecule has 0 unspecified atom stereocenters. The lowest BCUT2D eigenvalue weighted by Crippen LogP contribution is -1.99. The van der Waals surface area contributed by atoms with Gasteiger partial charge in [0, 0.05) is 28.9 Å². The molecule has 0 saturated carbocycles. The van der Waals surface area contributed by atoms with Crippen LogP contribution in [0, 0.1) is 0 Å². The Morgan fingerprint density at radius 2 is 2.00 bits per heavy atom. The summed E-state index contributed by atoms with van der Waals surface area (Å²) in [6, 6.07) is 14.0. The van der Waals surface area contributed by atoms with Crippen molar-refractivity contribution in [1.29, 1.82) is 0 Å². The number of aromatic nitrogens is 4. The summed E-state index contributed by atoms with van der Waals surface area (Å²) in [5.74, 6) is 2.33. The van der Waals surface area contributed by atoms with Gasteiger partial charge in [0.25, 0.3) is 0 Å². The summed E-state index contributed by atoms with van der Waals surface area (Å²) in [4.78, 5) is 5.75. The van der Waals surface area contributed by atoms with Crippen LogP contribution in [0.2, 0.25) is 0 Å². The van der Waals surface area contributed by atoms with E-state index in [1.54, 1.807) is 29.4 Å². The van der Waals surface area contributed by atoms with Gasteiger partial charge in [-0.1, -0.05) is 42.1 Å². The van der Waals surface area contributed by atoms with Gasteiger partial charge < -0.3 is 4.42 Å². The van der Waals surface area contributed by atoms with Gasteiger partial charge in [-0.05, 0) is 19.1 Å². The van der Waals surface area contributed by atoms with Gasteiger partial charge in [0.2, 0.25) is 0 Å². The van der Waals surface area contributed by atoms with E-state index in [2.05, 4.69) is 38.8 Å². The average molecular weight is 368 g/mol. The predicted octanol–water partition coefficient (Wildman–Crippen LogP) is 4.97. The summed E-state index contributed by atoms with van der Waals surface area (Å²) in [5.41, 5.74) is 1.15. The van der Waals surface area contributed by atoms with Crippen LogP contribution >= 0.6 is 23.1 Å². The SMILES string of the molecule is CCn1c(SCc2cnc(-c3ccccc3)s2)nnc1-c1ccco1. The predicted molar refractivity (Wildman–Crippen MR) is 101 cm³/mol. The van der Waals surface area contributed by atoms with Crippen molar-refractivity contribution in [2.24, 2.45) is 0 Å². The molecule has 0 amide bonds. The zero-order valence-electron chi connectivity index (χ0n) is 13.6. The molecule has 0 aliphatic carbocycles. The Balaban J connectivity index is 1.50. The maximum absolute atomic E-state index is 5.45. The van der Waals surface area contributed by atoms with E-state index in [1.165, 1.54) is 4.88 Å². The van der Waals surface area contributed by atoms with E-state index in [1.807, 2.05) is 36.5 Å². The molecule has 7 heteroatoms. The van der Waals surface area contributed by atoms with Crippen LogP contribution in [0.4, 0.5) is 0 Å². The number of thioether (sulfide) groups is 1. The second-order valence-corrected chi connectivity index (χ2v) is 7.37. The summed E-state index contributed by atoms with van der Waals surface area (Å²) in [5, 5.41) is 10.5. The van der Waals surface area contributed by atoms with Gasteiger partial charge in [-0.2, -0.15) is 0 Å². The fourth-order valence-corrected chi connectivity index (χ4v) is 4.43. The molecular formula is C18H16N4OS2. The standard InChI is InChI=1S/C18H16N4OS2/c1-2-22-16(15-9-6-10-23-15)20-21-18(22)24-12-14-11-19-17(25-14)13-7-4-3-5-8-13/h3-11H,2,12H2,1H3. The molecule has 126 valence electrons. The molecule has 25 heavy (non-hydrogen) atoms. The highest BCUT2D eigenvalue weighted by Gasteiger charge is 2.15. The van der Waals surface area contributed by atoms with Crippen molar-refractivity contribution in [2.75, 3.05) is 0 Å². The lowest BCUT2D eigenvalue weighted by molar-refractivity contribution is 0.567. The third kappa shape index (κ3) is 3.38. The smallest absolute Gasteiger partial charge is 0.200 e. The molecule has 3 heterocycles. The molecule has 4 rings (SSSR count). The topological polar surface area (TPSA) is 56.7 Å². The van der Waals surface area contributed by atoms with Crippen LogP contribution in [0.1, 0.15) is 11.8 Å². The van der Waals surface area contributed by atoms with E-state index >= 15 is 0 Å². The van der Waals surface area contributed by atoms with Crippen LogP contribution < -0.4 is 0 Å². The Bertz CT molecular complexity index is 945. The molecule has 0 N–H and O–H groups in total. The first-order valence-corrected chi connectivity index (χ1v) is 9.75. The van der Waals surface area contributed by atoms with Crippen LogP contribution in [-0.4, -0.2) is 19.7 Å². The van der Waals surface area contributed by atoms with E-state index in [4.69, 9.17) is 4.42 Å². The number of furan rings is 1. The van der Waals surface area contributed by atoms with Crippen LogP contribution in [-0.2, 0) is 12.3 Å². The zero-order valence-corrected chi connectivity index (χ0v) is 15.3. The van der Waals surface area contributed by atoms with Crippen LogP contribution in [0.25, 0.3) is 22.2 Å². The van der Waals surface area contributed by atoms with Crippen molar-refractivity contribution < 1.29 is 4.42 Å². The highest BCUT2D eigenvalue weighted by atomic mass is 32.2. The Morgan fingerprint density at radius 3 is 2.76 bits per heavy atom. The first-order valence-electron chi connectivity index (χ1n) is 7.95. The molecule has 5 nitrogen and oxygen atoms in total. The molecular weight excluding hydrogens is 352 g/mol. The summed E-state index contributed by atoms with van der Waals surface area (Å²) < 4.78 is 7.52. The third-order valence-corrected chi connectivity index (χ3v) is 5.94. The molecule has 0 aliphatic heterocycles. The van der Waals surface area contributed by atoms with Crippen molar-refractivity contribution in [3.63, 3.8) is 0 Å². The number of nitrogens with zero attached hydrogens (tertiary/aromatic N) is 4. The summed E-state index contributed by atoms with van der Waals surface area (Å²) >= 11 is 3.38. The molecule has 0 radical (unpaired) electrons. The molecule has 0 saturated heterocycles. The maximum Gasteiger partial charge on any atom is 0.200 e. The molecule has 4 aromatic rings. The number of hydrogen-bond donors (Lipinski definition) is 0. The fourth-order valence-electron chi connectivity index (χ4n) is 2.49. The normalized spacial score (nSPS) is 11.1. The van der Waals surface area contributed by atoms with Gasteiger partial charge in [-0.3, -0.25) is 4.57 Å². The van der Waals surface area contributed by atoms with Crippen molar-refractivity contribution in [2.45, 2.75) is 24.4 Å². The Labute approximate surface area is 153 Å². The van der Waals surface area contributed by atoms with Crippen molar-refractivity contribution in [1.82, 2.24) is 19.7 Å². The molecule has 0 fully saturated rings. The van der Waals surface area contributed by atoms with Crippen LogP contribution in [0.5, 0.6) is 0 Å². The maximum atomic E-state index is 5.45. The van der Waals surface area contributed by atoms with Gasteiger partial charge in [-0.15, -0.1) is 21.5 Å². The minimum atomic E-state index is 0.741. The Morgan fingerprint density at radius 1 is 1.12 bits per heavy atom. The largest absolute Gasteiger partial charge is 0.461 e. The lowest BCUT2D eigenvalue weighted by Gasteiger charge is -2.04. The second kappa shape index (κ2) is 7.25. The van der Waals surface area contributed by atoms with Crippen LogP contribution in [0.3, 0.4) is 0 Å². The van der Waals surface area contributed by atoms with E-state index < -0.39 is 0 Å². The monoisotopic (exact) mass is 368 g/mol.